The third-order valence-corrected chi connectivity index (χ3v) is 5.10. The van der Waals surface area contributed by atoms with E-state index in [0.717, 1.165) is 18.4 Å². The summed E-state index contributed by atoms with van der Waals surface area (Å²) in [7, 11) is 0. The highest BCUT2D eigenvalue weighted by Gasteiger charge is 2.28. The van der Waals surface area contributed by atoms with E-state index in [2.05, 4.69) is 38.4 Å². The zero-order chi connectivity index (χ0) is 13.9. The fraction of sp³-hybridized carbons (Fsp3) is 0.812. The van der Waals surface area contributed by atoms with E-state index in [0.29, 0.717) is 0 Å². The van der Waals surface area contributed by atoms with Gasteiger partial charge in [-0.05, 0) is 37.8 Å². The first-order valence-corrected chi connectivity index (χ1v) is 8.54. The van der Waals surface area contributed by atoms with Gasteiger partial charge in [0.2, 0.25) is 0 Å². The first-order chi connectivity index (χ1) is 9.00. The fourth-order valence-electron chi connectivity index (χ4n) is 2.95. The number of thiazole rings is 1. The minimum absolute atomic E-state index is 0.188. The molecule has 0 aliphatic heterocycles. The highest BCUT2D eigenvalue weighted by molar-refractivity contribution is 7.09. The van der Waals surface area contributed by atoms with Crippen LogP contribution < -0.4 is 5.32 Å². The van der Waals surface area contributed by atoms with Crippen molar-refractivity contribution in [2.75, 3.05) is 13.1 Å². The Morgan fingerprint density at radius 2 is 2.05 bits per heavy atom. The molecule has 108 valence electrons. The van der Waals surface area contributed by atoms with Crippen LogP contribution in [0.15, 0.2) is 5.38 Å². The van der Waals surface area contributed by atoms with E-state index < -0.39 is 0 Å². The molecule has 0 bridgehead atoms. The van der Waals surface area contributed by atoms with Gasteiger partial charge in [-0.3, -0.25) is 0 Å². The van der Waals surface area contributed by atoms with Crippen molar-refractivity contribution in [1.29, 1.82) is 0 Å². The molecule has 1 N–H and O–H groups in total. The van der Waals surface area contributed by atoms with Crippen molar-refractivity contribution in [1.82, 2.24) is 10.3 Å². The molecular formula is C16H28N2S. The molecule has 1 aromatic rings. The Morgan fingerprint density at radius 3 is 2.68 bits per heavy atom. The number of nitrogens with zero attached hydrogens (tertiary/aromatic N) is 1. The Labute approximate surface area is 122 Å². The number of hydrogen-bond donors (Lipinski definition) is 1. The number of nitrogens with one attached hydrogen (secondary N) is 1. The lowest BCUT2D eigenvalue weighted by Crippen LogP contribution is -2.26. The molecule has 1 aromatic heterocycles. The van der Waals surface area contributed by atoms with Crippen molar-refractivity contribution in [2.45, 2.75) is 58.8 Å². The van der Waals surface area contributed by atoms with E-state index in [1.54, 1.807) is 0 Å². The van der Waals surface area contributed by atoms with Gasteiger partial charge < -0.3 is 5.32 Å². The summed E-state index contributed by atoms with van der Waals surface area (Å²) in [6, 6.07) is 0. The van der Waals surface area contributed by atoms with E-state index in [1.165, 1.54) is 42.9 Å². The molecular weight excluding hydrogens is 252 g/mol. The average Bonchev–Trinajstić information content (AvgIpc) is 2.95. The minimum atomic E-state index is 0.188. The molecule has 3 heteroatoms. The summed E-state index contributed by atoms with van der Waals surface area (Å²) in [5.74, 6) is 1.71. The minimum Gasteiger partial charge on any atom is -0.317 e. The Hall–Kier alpha value is -0.410. The summed E-state index contributed by atoms with van der Waals surface area (Å²) in [6.07, 6.45) is 5.38. The largest absolute Gasteiger partial charge is 0.317 e. The molecule has 2 rings (SSSR count). The van der Waals surface area contributed by atoms with Crippen LogP contribution in [0.1, 0.15) is 57.7 Å². The van der Waals surface area contributed by atoms with Gasteiger partial charge in [-0.2, -0.15) is 0 Å². The Morgan fingerprint density at radius 1 is 1.32 bits per heavy atom. The topological polar surface area (TPSA) is 24.9 Å². The molecule has 2 unspecified atom stereocenters. The number of rotatable bonds is 5. The van der Waals surface area contributed by atoms with Crippen molar-refractivity contribution in [3.8, 4) is 0 Å². The highest BCUT2D eigenvalue weighted by atomic mass is 32.1. The predicted octanol–water partition coefficient (Wildman–Crippen LogP) is 4.01. The van der Waals surface area contributed by atoms with Gasteiger partial charge in [0, 0.05) is 17.2 Å². The van der Waals surface area contributed by atoms with Crippen molar-refractivity contribution in [3.63, 3.8) is 0 Å². The van der Waals surface area contributed by atoms with E-state index in [9.17, 15) is 0 Å². The van der Waals surface area contributed by atoms with Crippen LogP contribution in [-0.4, -0.2) is 18.1 Å². The van der Waals surface area contributed by atoms with Gasteiger partial charge >= 0.3 is 0 Å². The van der Waals surface area contributed by atoms with E-state index >= 15 is 0 Å². The van der Waals surface area contributed by atoms with Crippen molar-refractivity contribution < 1.29 is 0 Å². The second-order valence-corrected chi connectivity index (χ2v) is 7.78. The zero-order valence-corrected chi connectivity index (χ0v) is 13.6. The van der Waals surface area contributed by atoms with Gasteiger partial charge in [0.05, 0.1) is 10.7 Å². The second-order valence-electron chi connectivity index (χ2n) is 6.84. The molecule has 2 nitrogen and oxygen atoms in total. The summed E-state index contributed by atoms with van der Waals surface area (Å²) in [6.45, 7) is 11.2. The molecule has 1 aliphatic carbocycles. The monoisotopic (exact) mass is 280 g/mol. The maximum absolute atomic E-state index is 4.86. The molecule has 19 heavy (non-hydrogen) atoms. The molecule has 1 aliphatic rings. The molecule has 0 spiro atoms. The molecule has 0 radical (unpaired) electrons. The van der Waals surface area contributed by atoms with E-state index in [1.807, 2.05) is 11.3 Å². The van der Waals surface area contributed by atoms with Crippen molar-refractivity contribution >= 4 is 11.3 Å². The van der Waals surface area contributed by atoms with Crippen LogP contribution in [0.25, 0.3) is 0 Å². The summed E-state index contributed by atoms with van der Waals surface area (Å²) < 4.78 is 0. The molecule has 2 atom stereocenters. The summed E-state index contributed by atoms with van der Waals surface area (Å²) in [5, 5.41) is 7.12. The molecule has 1 heterocycles. The molecule has 1 fully saturated rings. The predicted molar refractivity (Wildman–Crippen MR) is 83.9 cm³/mol. The smallest absolute Gasteiger partial charge is 0.0931 e. The van der Waals surface area contributed by atoms with Gasteiger partial charge in [-0.15, -0.1) is 11.3 Å². The van der Waals surface area contributed by atoms with Gasteiger partial charge in [-0.25, -0.2) is 4.98 Å². The Balaban J connectivity index is 1.94. The second kappa shape index (κ2) is 6.36. The third kappa shape index (κ3) is 4.03. The van der Waals surface area contributed by atoms with Crippen LogP contribution in [0.2, 0.25) is 0 Å². The number of aromatic nitrogens is 1. The Bertz CT molecular complexity index is 392. The molecule has 0 amide bonds. The van der Waals surface area contributed by atoms with Gasteiger partial charge in [0.25, 0.3) is 0 Å². The van der Waals surface area contributed by atoms with E-state index in [-0.39, 0.29) is 5.41 Å². The van der Waals surface area contributed by atoms with Crippen molar-refractivity contribution in [3.05, 3.63) is 16.1 Å². The van der Waals surface area contributed by atoms with Crippen LogP contribution in [0, 0.1) is 11.8 Å². The fourth-order valence-corrected chi connectivity index (χ4v) is 4.07. The number of hydrogen-bond acceptors (Lipinski definition) is 3. The van der Waals surface area contributed by atoms with Crippen molar-refractivity contribution in [2.24, 2.45) is 11.8 Å². The van der Waals surface area contributed by atoms with Crippen LogP contribution in [0.4, 0.5) is 0 Å². The first-order valence-electron chi connectivity index (χ1n) is 7.66. The summed E-state index contributed by atoms with van der Waals surface area (Å²) in [4.78, 5) is 4.86. The average molecular weight is 280 g/mol. The first kappa shape index (κ1) is 15.0. The maximum atomic E-state index is 4.86. The summed E-state index contributed by atoms with van der Waals surface area (Å²) in [5.41, 5.74) is 1.45. The van der Waals surface area contributed by atoms with Gasteiger partial charge in [-0.1, -0.05) is 34.1 Å². The SMILES string of the molecule is CCNCC1CCCC1Cc1nc(C(C)(C)C)cs1. The Kier molecular flexibility index (Phi) is 5.02. The quantitative estimate of drug-likeness (QED) is 0.881. The maximum Gasteiger partial charge on any atom is 0.0931 e. The van der Waals surface area contributed by atoms with Gasteiger partial charge in [0.1, 0.15) is 0 Å². The van der Waals surface area contributed by atoms with Crippen LogP contribution in [-0.2, 0) is 11.8 Å². The zero-order valence-electron chi connectivity index (χ0n) is 12.8. The van der Waals surface area contributed by atoms with E-state index in [4.69, 9.17) is 4.98 Å². The highest BCUT2D eigenvalue weighted by Crippen LogP contribution is 2.35. The standard InChI is InChI=1S/C16H28N2S/c1-5-17-10-13-8-6-7-12(13)9-15-18-14(11-19-15)16(2,3)4/h11-13,17H,5-10H2,1-4H3. The lowest BCUT2D eigenvalue weighted by atomic mass is 9.92. The lowest BCUT2D eigenvalue weighted by Gasteiger charge is -2.19. The van der Waals surface area contributed by atoms with Crippen LogP contribution >= 0.6 is 11.3 Å². The normalized spacial score (nSPS) is 24.0. The molecule has 0 saturated heterocycles. The molecule has 1 saturated carbocycles. The van der Waals surface area contributed by atoms with Gasteiger partial charge in [0.15, 0.2) is 0 Å². The molecule has 0 aromatic carbocycles. The lowest BCUT2D eigenvalue weighted by molar-refractivity contribution is 0.367. The third-order valence-electron chi connectivity index (χ3n) is 4.23. The van der Waals surface area contributed by atoms with Crippen LogP contribution in [0.5, 0.6) is 0 Å². The van der Waals surface area contributed by atoms with Crippen LogP contribution in [0.3, 0.4) is 0 Å². The summed E-state index contributed by atoms with van der Waals surface area (Å²) >= 11 is 1.86.